The van der Waals surface area contributed by atoms with E-state index in [0.717, 1.165) is 0 Å². The van der Waals surface area contributed by atoms with Gasteiger partial charge >= 0.3 is 0 Å². The van der Waals surface area contributed by atoms with E-state index in [0.29, 0.717) is 17.0 Å². The molecule has 1 aliphatic rings. The molecule has 0 unspecified atom stereocenters. The van der Waals surface area contributed by atoms with E-state index in [1.54, 1.807) is 6.20 Å². The van der Waals surface area contributed by atoms with Crippen molar-refractivity contribution in [3.05, 3.63) is 22.6 Å². The van der Waals surface area contributed by atoms with E-state index in [2.05, 4.69) is 20.9 Å². The van der Waals surface area contributed by atoms with Gasteiger partial charge in [0.05, 0.1) is 6.61 Å². The molecule has 1 aromatic rings. The van der Waals surface area contributed by atoms with Crippen molar-refractivity contribution in [2.45, 2.75) is 32.1 Å². The number of hydrogen-bond acceptors (Lipinski definition) is 2. The van der Waals surface area contributed by atoms with Gasteiger partial charge in [0, 0.05) is 10.7 Å². The minimum atomic E-state index is -0.398. The first kappa shape index (κ1) is 11.8. The van der Waals surface area contributed by atoms with Crippen LogP contribution in [0.25, 0.3) is 0 Å². The third kappa shape index (κ3) is 3.17. The molecule has 1 fully saturated rings. The number of halogens is 2. The van der Waals surface area contributed by atoms with Crippen molar-refractivity contribution in [2.75, 3.05) is 6.61 Å². The Balaban J connectivity index is 1.88. The monoisotopic (exact) mass is 287 g/mol. The number of aromatic nitrogens is 1. The molecule has 1 aliphatic carbocycles. The lowest BCUT2D eigenvalue weighted by Crippen LogP contribution is -2.16. The second kappa shape index (κ2) is 5.62. The molecule has 2 nitrogen and oxygen atoms in total. The van der Waals surface area contributed by atoms with Crippen LogP contribution < -0.4 is 4.74 Å². The second-order valence-corrected chi connectivity index (χ2v) is 5.17. The van der Waals surface area contributed by atoms with Crippen LogP contribution in [0, 0.1) is 11.7 Å². The Labute approximate surface area is 103 Å². The molecule has 16 heavy (non-hydrogen) atoms. The molecule has 0 bridgehead atoms. The van der Waals surface area contributed by atoms with E-state index < -0.39 is 5.82 Å². The zero-order valence-electron chi connectivity index (χ0n) is 9.09. The van der Waals surface area contributed by atoms with Crippen molar-refractivity contribution in [3.63, 3.8) is 0 Å². The van der Waals surface area contributed by atoms with Gasteiger partial charge in [-0.2, -0.15) is 0 Å². The van der Waals surface area contributed by atoms with Gasteiger partial charge in [0.1, 0.15) is 0 Å². The lowest BCUT2D eigenvalue weighted by molar-refractivity contribution is 0.195. The van der Waals surface area contributed by atoms with Gasteiger partial charge in [-0.05, 0) is 40.8 Å². The van der Waals surface area contributed by atoms with E-state index >= 15 is 0 Å². The fourth-order valence-corrected chi connectivity index (χ4v) is 2.36. The molecule has 0 saturated heterocycles. The van der Waals surface area contributed by atoms with Crippen LogP contribution in [-0.2, 0) is 0 Å². The molecule has 2 rings (SSSR count). The van der Waals surface area contributed by atoms with E-state index in [9.17, 15) is 4.39 Å². The van der Waals surface area contributed by atoms with Crippen LogP contribution in [0.2, 0.25) is 0 Å². The van der Waals surface area contributed by atoms with Crippen molar-refractivity contribution in [2.24, 2.45) is 5.92 Å². The summed E-state index contributed by atoms with van der Waals surface area (Å²) >= 11 is 3.17. The van der Waals surface area contributed by atoms with Crippen molar-refractivity contribution in [1.29, 1.82) is 0 Å². The maximum atomic E-state index is 13.4. The van der Waals surface area contributed by atoms with Crippen LogP contribution in [0.4, 0.5) is 4.39 Å². The van der Waals surface area contributed by atoms with Gasteiger partial charge in [-0.1, -0.05) is 19.3 Å². The summed E-state index contributed by atoms with van der Waals surface area (Å²) in [5.41, 5.74) is 0. The SMILES string of the molecule is Fc1cc(Br)cnc1OCC1CCCCC1. The molecule has 0 N–H and O–H groups in total. The van der Waals surface area contributed by atoms with E-state index in [-0.39, 0.29) is 5.88 Å². The minimum absolute atomic E-state index is 0.119. The molecule has 88 valence electrons. The first-order valence-corrected chi connectivity index (χ1v) is 6.49. The smallest absolute Gasteiger partial charge is 0.250 e. The van der Waals surface area contributed by atoms with Crippen molar-refractivity contribution in [1.82, 2.24) is 4.98 Å². The maximum absolute atomic E-state index is 13.4. The van der Waals surface area contributed by atoms with Crippen molar-refractivity contribution < 1.29 is 9.13 Å². The van der Waals surface area contributed by atoms with E-state index in [1.165, 1.54) is 38.2 Å². The summed E-state index contributed by atoms with van der Waals surface area (Å²) in [4.78, 5) is 3.92. The highest BCUT2D eigenvalue weighted by atomic mass is 79.9. The summed E-state index contributed by atoms with van der Waals surface area (Å²) < 4.78 is 19.4. The Morgan fingerprint density at radius 1 is 1.38 bits per heavy atom. The third-order valence-corrected chi connectivity index (χ3v) is 3.39. The summed E-state index contributed by atoms with van der Waals surface area (Å²) in [5, 5.41) is 0. The molecule has 0 amide bonds. The highest BCUT2D eigenvalue weighted by molar-refractivity contribution is 9.10. The first-order valence-electron chi connectivity index (χ1n) is 5.69. The molecule has 0 radical (unpaired) electrons. The highest BCUT2D eigenvalue weighted by Crippen LogP contribution is 2.25. The molecule has 0 aromatic carbocycles. The average molecular weight is 288 g/mol. The van der Waals surface area contributed by atoms with E-state index in [4.69, 9.17) is 4.74 Å². The van der Waals surface area contributed by atoms with Gasteiger partial charge < -0.3 is 4.74 Å². The maximum Gasteiger partial charge on any atom is 0.250 e. The molecular weight excluding hydrogens is 273 g/mol. The predicted octanol–water partition coefficient (Wildman–Crippen LogP) is 3.94. The number of nitrogens with zero attached hydrogens (tertiary/aromatic N) is 1. The third-order valence-electron chi connectivity index (χ3n) is 2.95. The van der Waals surface area contributed by atoms with Gasteiger partial charge in [0.15, 0.2) is 5.82 Å². The van der Waals surface area contributed by atoms with Crippen LogP contribution in [0.1, 0.15) is 32.1 Å². The molecule has 1 saturated carbocycles. The number of hydrogen-bond donors (Lipinski definition) is 0. The topological polar surface area (TPSA) is 22.1 Å². The molecule has 0 spiro atoms. The average Bonchev–Trinajstić information content (AvgIpc) is 2.29. The van der Waals surface area contributed by atoms with Crippen LogP contribution in [0.15, 0.2) is 16.7 Å². The zero-order chi connectivity index (χ0) is 11.4. The van der Waals surface area contributed by atoms with Crippen molar-refractivity contribution in [3.8, 4) is 5.88 Å². The Hall–Kier alpha value is -0.640. The summed E-state index contributed by atoms with van der Waals surface area (Å²) in [7, 11) is 0. The zero-order valence-corrected chi connectivity index (χ0v) is 10.7. The number of rotatable bonds is 3. The summed E-state index contributed by atoms with van der Waals surface area (Å²) in [6.07, 6.45) is 7.80. The molecule has 0 aliphatic heterocycles. The first-order chi connectivity index (χ1) is 7.75. The van der Waals surface area contributed by atoms with Gasteiger partial charge in [-0.25, -0.2) is 9.37 Å². The largest absolute Gasteiger partial charge is 0.475 e. The van der Waals surface area contributed by atoms with Crippen LogP contribution in [0.5, 0.6) is 5.88 Å². The molecule has 1 aromatic heterocycles. The normalized spacial score (nSPS) is 17.4. The quantitative estimate of drug-likeness (QED) is 0.840. The fourth-order valence-electron chi connectivity index (χ4n) is 2.06. The number of pyridine rings is 1. The standard InChI is InChI=1S/C12H15BrFNO/c13-10-6-11(14)12(15-7-10)16-8-9-4-2-1-3-5-9/h6-7,9H,1-5,8H2. The predicted molar refractivity (Wildman–Crippen MR) is 64.0 cm³/mol. The number of ether oxygens (including phenoxy) is 1. The molecule has 0 atom stereocenters. The molecular formula is C12H15BrFNO. The summed E-state index contributed by atoms with van der Waals surface area (Å²) in [6.45, 7) is 0.589. The van der Waals surface area contributed by atoms with Gasteiger partial charge in [-0.3, -0.25) is 0 Å². The van der Waals surface area contributed by atoms with Gasteiger partial charge in [0.25, 0.3) is 0 Å². The van der Waals surface area contributed by atoms with Crippen LogP contribution in [-0.4, -0.2) is 11.6 Å². The van der Waals surface area contributed by atoms with E-state index in [1.807, 2.05) is 0 Å². The van der Waals surface area contributed by atoms with Gasteiger partial charge in [-0.15, -0.1) is 0 Å². The van der Waals surface area contributed by atoms with Crippen molar-refractivity contribution >= 4 is 15.9 Å². The summed E-state index contributed by atoms with van der Waals surface area (Å²) in [5.74, 6) is 0.289. The Morgan fingerprint density at radius 3 is 2.81 bits per heavy atom. The molecule has 1 heterocycles. The minimum Gasteiger partial charge on any atom is -0.475 e. The highest BCUT2D eigenvalue weighted by Gasteiger charge is 2.15. The Morgan fingerprint density at radius 2 is 2.12 bits per heavy atom. The Bertz CT molecular complexity index is 353. The molecule has 4 heteroatoms. The summed E-state index contributed by atoms with van der Waals surface area (Å²) in [6, 6.07) is 1.38. The fraction of sp³-hybridized carbons (Fsp3) is 0.583. The lowest BCUT2D eigenvalue weighted by Gasteiger charge is -2.21. The lowest BCUT2D eigenvalue weighted by atomic mass is 9.90. The van der Waals surface area contributed by atoms with Gasteiger partial charge in [0.2, 0.25) is 5.88 Å². The Kier molecular flexibility index (Phi) is 4.16. The van der Waals surface area contributed by atoms with Crippen LogP contribution in [0.3, 0.4) is 0 Å². The second-order valence-electron chi connectivity index (χ2n) is 4.26. The van der Waals surface area contributed by atoms with Crippen LogP contribution >= 0.6 is 15.9 Å².